The van der Waals surface area contributed by atoms with Crippen LogP contribution in [0, 0.1) is 5.82 Å². The minimum Gasteiger partial charge on any atom is -0.463 e. The monoisotopic (exact) mass is 468 g/mol. The van der Waals surface area contributed by atoms with E-state index in [0.717, 1.165) is 33.4 Å². The number of nitrogens with zero attached hydrogens (tertiary/aromatic N) is 4. The number of furan rings is 1. The number of rotatable bonds is 4. The Kier molecular flexibility index (Phi) is 5.08. The molecule has 34 heavy (non-hydrogen) atoms. The SMILES string of the molecule is Fc1ccc(C2CC(c3ccco3)=NN2c2nc(-c3ccccc3)c3cc(Cl)ccc3n2)cc1. The fraction of sp³-hybridized carbons (Fsp3) is 0.0741. The highest BCUT2D eigenvalue weighted by molar-refractivity contribution is 6.31. The quantitative estimate of drug-likeness (QED) is 0.284. The zero-order valence-corrected chi connectivity index (χ0v) is 18.7. The molecule has 0 N–H and O–H groups in total. The van der Waals surface area contributed by atoms with Crippen LogP contribution in [0.15, 0.2) is 101 Å². The number of aromatic nitrogens is 2. The number of benzene rings is 3. The molecule has 5 nitrogen and oxygen atoms in total. The van der Waals surface area contributed by atoms with Crippen LogP contribution in [0.3, 0.4) is 0 Å². The van der Waals surface area contributed by atoms with Crippen LogP contribution in [0.5, 0.6) is 0 Å². The van der Waals surface area contributed by atoms with Gasteiger partial charge in [0.1, 0.15) is 17.3 Å². The first-order valence-corrected chi connectivity index (χ1v) is 11.2. The zero-order valence-electron chi connectivity index (χ0n) is 17.9. The van der Waals surface area contributed by atoms with Crippen molar-refractivity contribution in [1.82, 2.24) is 9.97 Å². The van der Waals surface area contributed by atoms with Crippen molar-refractivity contribution in [2.75, 3.05) is 5.01 Å². The van der Waals surface area contributed by atoms with Gasteiger partial charge in [-0.1, -0.05) is 54.1 Å². The number of fused-ring (bicyclic) bond motifs is 1. The molecule has 6 rings (SSSR count). The van der Waals surface area contributed by atoms with E-state index in [4.69, 9.17) is 31.1 Å². The zero-order chi connectivity index (χ0) is 23.1. The van der Waals surface area contributed by atoms with E-state index >= 15 is 0 Å². The molecule has 0 amide bonds. The van der Waals surface area contributed by atoms with Crippen molar-refractivity contribution in [2.24, 2.45) is 5.10 Å². The molecule has 166 valence electrons. The van der Waals surface area contributed by atoms with Gasteiger partial charge < -0.3 is 4.42 Å². The number of hydrogen-bond donors (Lipinski definition) is 0. The molecule has 0 aliphatic carbocycles. The molecule has 1 unspecified atom stereocenters. The Labute approximate surface area is 200 Å². The average Bonchev–Trinajstić information content (AvgIpc) is 3.55. The lowest BCUT2D eigenvalue weighted by Gasteiger charge is -2.23. The highest BCUT2D eigenvalue weighted by atomic mass is 35.5. The Balaban J connectivity index is 1.54. The third kappa shape index (κ3) is 3.72. The molecule has 0 bridgehead atoms. The van der Waals surface area contributed by atoms with Crippen LogP contribution in [0.2, 0.25) is 5.02 Å². The first-order chi connectivity index (χ1) is 16.7. The van der Waals surface area contributed by atoms with Gasteiger partial charge in [-0.25, -0.2) is 19.4 Å². The lowest BCUT2D eigenvalue weighted by atomic mass is 10.0. The van der Waals surface area contributed by atoms with Crippen LogP contribution in [-0.2, 0) is 0 Å². The molecule has 1 aliphatic heterocycles. The molecular weight excluding hydrogens is 451 g/mol. The standard InChI is InChI=1S/C27H18ClFN4O/c28-19-10-13-22-21(15-19)26(18-5-2-1-3-6-18)31-27(30-22)33-24(17-8-11-20(29)12-9-17)16-23(32-33)25-7-4-14-34-25/h1-15,24H,16H2. The number of anilines is 1. The van der Waals surface area contributed by atoms with E-state index in [-0.39, 0.29) is 11.9 Å². The van der Waals surface area contributed by atoms with Gasteiger partial charge in [0.15, 0.2) is 0 Å². The number of hydrazone groups is 1. The lowest BCUT2D eigenvalue weighted by molar-refractivity contribution is 0.556. The molecule has 7 heteroatoms. The summed E-state index contributed by atoms with van der Waals surface area (Å²) in [5.74, 6) is 0.848. The maximum absolute atomic E-state index is 13.6. The lowest BCUT2D eigenvalue weighted by Crippen LogP contribution is -2.21. The molecule has 5 aromatic rings. The van der Waals surface area contributed by atoms with E-state index in [9.17, 15) is 4.39 Å². The second-order valence-corrected chi connectivity index (χ2v) is 8.48. The Hall–Kier alpha value is -4.03. The van der Waals surface area contributed by atoms with Gasteiger partial charge >= 0.3 is 0 Å². The summed E-state index contributed by atoms with van der Waals surface area (Å²) >= 11 is 6.31. The van der Waals surface area contributed by atoms with Crippen molar-refractivity contribution < 1.29 is 8.81 Å². The van der Waals surface area contributed by atoms with E-state index in [2.05, 4.69) is 0 Å². The summed E-state index contributed by atoms with van der Waals surface area (Å²) in [4.78, 5) is 9.79. The van der Waals surface area contributed by atoms with Crippen LogP contribution in [0.1, 0.15) is 23.8 Å². The molecule has 0 saturated carbocycles. The third-order valence-corrected chi connectivity index (χ3v) is 6.10. The van der Waals surface area contributed by atoms with Gasteiger partial charge in [-0.15, -0.1) is 0 Å². The third-order valence-electron chi connectivity index (χ3n) is 5.87. The van der Waals surface area contributed by atoms with Gasteiger partial charge in [0.25, 0.3) is 0 Å². The largest absolute Gasteiger partial charge is 0.463 e. The summed E-state index contributed by atoms with van der Waals surface area (Å²) in [6.45, 7) is 0. The molecular formula is C27H18ClFN4O. The van der Waals surface area contributed by atoms with Crippen LogP contribution < -0.4 is 5.01 Å². The molecule has 0 fully saturated rings. The molecule has 0 spiro atoms. The van der Waals surface area contributed by atoms with E-state index in [1.807, 2.05) is 60.7 Å². The van der Waals surface area contributed by atoms with Crippen LogP contribution in [-0.4, -0.2) is 15.7 Å². The van der Waals surface area contributed by atoms with E-state index in [1.165, 1.54) is 12.1 Å². The molecule has 3 aromatic carbocycles. The highest BCUT2D eigenvalue weighted by Crippen LogP contribution is 2.38. The van der Waals surface area contributed by atoms with Crippen LogP contribution in [0.25, 0.3) is 22.2 Å². The molecule has 0 saturated heterocycles. The summed E-state index contributed by atoms with van der Waals surface area (Å²) in [6, 6.07) is 25.4. The van der Waals surface area contributed by atoms with Gasteiger partial charge in [-0.2, -0.15) is 5.10 Å². The molecule has 1 atom stereocenters. The summed E-state index contributed by atoms with van der Waals surface area (Å²) in [6.07, 6.45) is 2.19. The van der Waals surface area contributed by atoms with Crippen molar-refractivity contribution in [3.63, 3.8) is 0 Å². The first kappa shape index (κ1) is 20.6. The van der Waals surface area contributed by atoms with Crippen LogP contribution in [0.4, 0.5) is 10.3 Å². The maximum Gasteiger partial charge on any atom is 0.247 e. The maximum atomic E-state index is 13.6. The second kappa shape index (κ2) is 8.39. The molecule has 2 aromatic heterocycles. The van der Waals surface area contributed by atoms with Crippen molar-refractivity contribution in [3.05, 3.63) is 113 Å². The predicted octanol–water partition coefficient (Wildman–Crippen LogP) is 7.04. The van der Waals surface area contributed by atoms with Gasteiger partial charge in [0.05, 0.1) is 23.5 Å². The molecule has 1 aliphatic rings. The smallest absolute Gasteiger partial charge is 0.247 e. The van der Waals surface area contributed by atoms with Crippen molar-refractivity contribution in [3.8, 4) is 11.3 Å². The minimum absolute atomic E-state index is 0.214. The fourth-order valence-corrected chi connectivity index (χ4v) is 4.41. The summed E-state index contributed by atoms with van der Waals surface area (Å²) in [5, 5.41) is 8.12. The Morgan fingerprint density at radius 2 is 1.74 bits per heavy atom. The normalized spacial score (nSPS) is 15.6. The van der Waals surface area contributed by atoms with Gasteiger partial charge in [0.2, 0.25) is 5.95 Å². The average molecular weight is 469 g/mol. The minimum atomic E-state index is -0.286. The summed E-state index contributed by atoms with van der Waals surface area (Å²) in [5.41, 5.74) is 4.16. The van der Waals surface area contributed by atoms with Crippen LogP contribution >= 0.6 is 11.6 Å². The molecule has 3 heterocycles. The van der Waals surface area contributed by atoms with Gasteiger partial charge in [0, 0.05) is 22.4 Å². The summed E-state index contributed by atoms with van der Waals surface area (Å²) in [7, 11) is 0. The highest BCUT2D eigenvalue weighted by Gasteiger charge is 2.33. The Morgan fingerprint density at radius 1 is 0.912 bits per heavy atom. The first-order valence-electron chi connectivity index (χ1n) is 10.8. The van der Waals surface area contributed by atoms with E-state index < -0.39 is 0 Å². The fourth-order valence-electron chi connectivity index (χ4n) is 4.24. The Bertz CT molecular complexity index is 1500. The Morgan fingerprint density at radius 3 is 2.50 bits per heavy atom. The molecule has 0 radical (unpaired) electrons. The second-order valence-electron chi connectivity index (χ2n) is 8.04. The topological polar surface area (TPSA) is 54.5 Å². The number of hydrogen-bond acceptors (Lipinski definition) is 5. The van der Waals surface area contributed by atoms with Crippen molar-refractivity contribution in [1.29, 1.82) is 0 Å². The van der Waals surface area contributed by atoms with Crippen molar-refractivity contribution >= 4 is 34.2 Å². The number of halogens is 2. The van der Waals surface area contributed by atoms with Gasteiger partial charge in [-0.3, -0.25) is 0 Å². The van der Waals surface area contributed by atoms with E-state index in [1.54, 1.807) is 23.4 Å². The van der Waals surface area contributed by atoms with Gasteiger partial charge in [-0.05, 0) is 48.0 Å². The predicted molar refractivity (Wildman–Crippen MR) is 131 cm³/mol. The van der Waals surface area contributed by atoms with Crippen molar-refractivity contribution in [2.45, 2.75) is 12.5 Å². The summed E-state index contributed by atoms with van der Waals surface area (Å²) < 4.78 is 19.3. The van der Waals surface area contributed by atoms with E-state index in [0.29, 0.717) is 23.2 Å².